The molecule has 2 nitrogen and oxygen atoms in total. The van der Waals surface area contributed by atoms with E-state index in [9.17, 15) is 10.2 Å². The van der Waals surface area contributed by atoms with Gasteiger partial charge in [-0.1, -0.05) is 31.4 Å². The number of aliphatic hydroxyl groups excluding tert-OH is 1. The second kappa shape index (κ2) is 5.50. The molecule has 0 spiro atoms. The molecule has 3 fully saturated rings. The minimum atomic E-state index is -0.919. The maximum absolute atomic E-state index is 11.2. The van der Waals surface area contributed by atoms with E-state index in [2.05, 4.69) is 31.2 Å². The first kappa shape index (κ1) is 17.0. The van der Waals surface area contributed by atoms with E-state index in [0.717, 1.165) is 51.4 Å². The van der Waals surface area contributed by atoms with Gasteiger partial charge < -0.3 is 10.2 Å². The molecule has 0 aromatic rings. The van der Waals surface area contributed by atoms with Crippen LogP contribution in [0.2, 0.25) is 0 Å². The first-order chi connectivity index (χ1) is 11.3. The predicted molar refractivity (Wildman–Crippen MR) is 96.3 cm³/mol. The Kier molecular flexibility index (Phi) is 3.89. The molecule has 7 atom stereocenters. The average molecular weight is 349 g/mol. The molecule has 4 aliphatic rings. The van der Waals surface area contributed by atoms with Crippen molar-refractivity contribution >= 4 is 11.6 Å². The largest absolute Gasteiger partial charge is 0.393 e. The minimum absolute atomic E-state index is 0.133. The molecule has 3 heteroatoms. The number of aliphatic hydroxyl groups is 2. The summed E-state index contributed by atoms with van der Waals surface area (Å²) in [4.78, 5) is 0. The third-order valence-electron chi connectivity index (χ3n) is 8.48. The molecule has 0 aromatic carbocycles. The standard InChI is InChI=1S/C21H29ClO2/c1-19-8-5-15(23)13-14(19)3-4-16-17(19)6-9-20(2)18(16)7-10-21(20,24)11-12-22/h3,15-18,23-24H,4-10,13H2,1-2H3/t15-,16-,17+,18+,19-,20+,21+/m0/s1. The second-order valence-electron chi connectivity index (χ2n) is 9.23. The van der Waals surface area contributed by atoms with Crippen molar-refractivity contribution in [2.75, 3.05) is 0 Å². The zero-order valence-corrected chi connectivity index (χ0v) is 15.6. The maximum Gasteiger partial charge on any atom is 0.132 e. The molecule has 0 aliphatic heterocycles. The van der Waals surface area contributed by atoms with Gasteiger partial charge in [-0.15, -0.1) is 0 Å². The van der Waals surface area contributed by atoms with Gasteiger partial charge in [0, 0.05) is 10.8 Å². The number of rotatable bonds is 0. The van der Waals surface area contributed by atoms with E-state index in [0.29, 0.717) is 17.8 Å². The first-order valence-corrected chi connectivity index (χ1v) is 9.95. The smallest absolute Gasteiger partial charge is 0.132 e. The van der Waals surface area contributed by atoms with Crippen molar-refractivity contribution in [2.24, 2.45) is 28.6 Å². The summed E-state index contributed by atoms with van der Waals surface area (Å²) in [6.45, 7) is 4.68. The van der Waals surface area contributed by atoms with Crippen LogP contribution in [0.15, 0.2) is 11.6 Å². The van der Waals surface area contributed by atoms with E-state index in [1.807, 2.05) is 0 Å². The zero-order chi connectivity index (χ0) is 17.2. The summed E-state index contributed by atoms with van der Waals surface area (Å²) in [5.74, 6) is 4.81. The van der Waals surface area contributed by atoms with Crippen molar-refractivity contribution in [1.29, 1.82) is 0 Å². The Labute approximate surface area is 150 Å². The Morgan fingerprint density at radius 3 is 2.62 bits per heavy atom. The molecule has 0 unspecified atom stereocenters. The topological polar surface area (TPSA) is 40.5 Å². The molecule has 132 valence electrons. The van der Waals surface area contributed by atoms with Gasteiger partial charge in [0.2, 0.25) is 0 Å². The summed E-state index contributed by atoms with van der Waals surface area (Å²) in [7, 11) is 0. The number of fused-ring (bicyclic) bond motifs is 5. The van der Waals surface area contributed by atoms with Gasteiger partial charge >= 0.3 is 0 Å². The van der Waals surface area contributed by atoms with E-state index in [4.69, 9.17) is 11.6 Å². The lowest BCUT2D eigenvalue weighted by molar-refractivity contribution is -0.0970. The molecule has 0 radical (unpaired) electrons. The Hall–Kier alpha value is -0.490. The quantitative estimate of drug-likeness (QED) is 0.507. The van der Waals surface area contributed by atoms with Crippen LogP contribution in [0.4, 0.5) is 0 Å². The van der Waals surface area contributed by atoms with Crippen LogP contribution in [0.3, 0.4) is 0 Å². The van der Waals surface area contributed by atoms with Gasteiger partial charge in [-0.3, -0.25) is 0 Å². The van der Waals surface area contributed by atoms with E-state index in [-0.39, 0.29) is 16.9 Å². The highest BCUT2D eigenvalue weighted by atomic mass is 35.5. The molecule has 0 bridgehead atoms. The second-order valence-corrected chi connectivity index (χ2v) is 9.42. The zero-order valence-electron chi connectivity index (χ0n) is 14.8. The lowest BCUT2D eigenvalue weighted by Crippen LogP contribution is -2.54. The molecule has 2 N–H and O–H groups in total. The van der Waals surface area contributed by atoms with Gasteiger partial charge in [-0.05, 0) is 86.1 Å². The molecule has 0 heterocycles. The predicted octanol–water partition coefficient (Wildman–Crippen LogP) is 4.24. The number of hydrogen-bond acceptors (Lipinski definition) is 2. The van der Waals surface area contributed by atoms with Crippen molar-refractivity contribution in [2.45, 2.75) is 76.9 Å². The van der Waals surface area contributed by atoms with Gasteiger partial charge in [-0.2, -0.15) is 0 Å². The molecular formula is C21H29ClO2. The Balaban J connectivity index is 1.69. The van der Waals surface area contributed by atoms with E-state index < -0.39 is 5.60 Å². The normalized spacial score (nSPS) is 53.1. The van der Waals surface area contributed by atoms with Crippen LogP contribution in [0, 0.1) is 39.9 Å². The molecule has 4 rings (SSSR count). The van der Waals surface area contributed by atoms with Crippen LogP contribution in [0.1, 0.15) is 65.2 Å². The fourth-order valence-corrected chi connectivity index (χ4v) is 7.10. The van der Waals surface area contributed by atoms with Crippen LogP contribution >= 0.6 is 11.6 Å². The van der Waals surface area contributed by atoms with Gasteiger partial charge in [-0.25, -0.2) is 0 Å². The summed E-state index contributed by atoms with van der Waals surface area (Å²) in [6, 6.07) is 0. The van der Waals surface area contributed by atoms with Crippen LogP contribution in [-0.2, 0) is 0 Å². The summed E-state index contributed by atoms with van der Waals surface area (Å²) < 4.78 is 0. The minimum Gasteiger partial charge on any atom is -0.393 e. The first-order valence-electron chi connectivity index (χ1n) is 9.57. The Bertz CT molecular complexity index is 631. The van der Waals surface area contributed by atoms with Gasteiger partial charge in [0.1, 0.15) is 5.60 Å². The van der Waals surface area contributed by atoms with Crippen molar-refractivity contribution in [3.8, 4) is 11.3 Å². The van der Waals surface area contributed by atoms with Crippen molar-refractivity contribution in [3.05, 3.63) is 11.6 Å². The number of halogens is 1. The van der Waals surface area contributed by atoms with Crippen molar-refractivity contribution < 1.29 is 10.2 Å². The van der Waals surface area contributed by atoms with Crippen LogP contribution in [-0.4, -0.2) is 21.9 Å². The van der Waals surface area contributed by atoms with Gasteiger partial charge in [0.15, 0.2) is 0 Å². The van der Waals surface area contributed by atoms with Crippen LogP contribution in [0.5, 0.6) is 0 Å². The van der Waals surface area contributed by atoms with Crippen molar-refractivity contribution in [1.82, 2.24) is 0 Å². The highest BCUT2D eigenvalue weighted by Gasteiger charge is 2.63. The molecule has 4 aliphatic carbocycles. The van der Waals surface area contributed by atoms with Gasteiger partial charge in [0.25, 0.3) is 0 Å². The SMILES string of the molecule is C[C@]12CC[C@H](O)CC1=CC[C@H]1[C@H]2CC[C@]2(C)[C@@H]1CC[C@@]2(O)C#CCl. The fourth-order valence-electron chi connectivity index (χ4n) is 6.94. The Morgan fingerprint density at radius 1 is 1.12 bits per heavy atom. The summed E-state index contributed by atoms with van der Waals surface area (Å²) in [5.41, 5.74) is 0.701. The molecule has 0 saturated heterocycles. The molecule has 3 saturated carbocycles. The molecule has 0 aromatic heterocycles. The lowest BCUT2D eigenvalue weighted by atomic mass is 9.47. The lowest BCUT2D eigenvalue weighted by Gasteiger charge is -2.58. The third-order valence-corrected chi connectivity index (χ3v) is 8.58. The van der Waals surface area contributed by atoms with E-state index >= 15 is 0 Å². The summed E-state index contributed by atoms with van der Waals surface area (Å²) >= 11 is 5.67. The Morgan fingerprint density at radius 2 is 1.88 bits per heavy atom. The highest BCUT2D eigenvalue weighted by Crippen LogP contribution is 2.67. The van der Waals surface area contributed by atoms with E-state index in [1.165, 1.54) is 5.57 Å². The maximum atomic E-state index is 11.2. The number of allylic oxidation sites excluding steroid dienone is 1. The number of hydrogen-bond donors (Lipinski definition) is 2. The third kappa shape index (κ3) is 2.11. The highest BCUT2D eigenvalue weighted by molar-refractivity contribution is 6.30. The fraction of sp³-hybridized carbons (Fsp3) is 0.810. The van der Waals surface area contributed by atoms with Gasteiger partial charge in [0.05, 0.1) is 6.10 Å². The summed E-state index contributed by atoms with van der Waals surface area (Å²) in [6.07, 6.45) is 10.3. The van der Waals surface area contributed by atoms with Crippen LogP contribution in [0.25, 0.3) is 0 Å². The average Bonchev–Trinajstić information content (AvgIpc) is 2.80. The van der Waals surface area contributed by atoms with Crippen molar-refractivity contribution in [3.63, 3.8) is 0 Å². The van der Waals surface area contributed by atoms with Crippen LogP contribution < -0.4 is 0 Å². The molecule has 24 heavy (non-hydrogen) atoms. The molecule has 0 amide bonds. The summed E-state index contributed by atoms with van der Waals surface area (Å²) in [5, 5.41) is 23.7. The molecular weight excluding hydrogens is 320 g/mol. The van der Waals surface area contributed by atoms with E-state index in [1.54, 1.807) is 0 Å². The monoisotopic (exact) mass is 348 g/mol.